The molecule has 0 bridgehead atoms. The van der Waals surface area contributed by atoms with E-state index in [0.29, 0.717) is 63.1 Å². The fourth-order valence-corrected chi connectivity index (χ4v) is 12.5. The normalized spacial score (nSPS) is 24.2. The Balaban J connectivity index is 0.767. The molecule has 7 N–H and O–H groups in total. The Morgan fingerprint density at radius 1 is 0.561 bits per heavy atom. The molecule has 5 aliphatic rings. The standard InChI is InChI=1S/C59H86N16O7/c1-4-27-60-40(2)54(77)62-46-21-13-11-19-44-23-25-50(74(44)58(46)81)56(79)64-52(42-15-7-5-8-16-42)48-38-72(68-66-48)35-33-70-29-31-71(32-30-70)34-36-73-39-49(67-69-73)53(43-17-9-6-10-18-43)65-57(80)51-26-24-45-20-12-14-22-47(59(82)75(45)51)63-55(78)41(3)61-28-37-76/h5-10,15-18,38-41,44-47,50-53,60-61,76H,4,11-14,19-37H2,1-3H3,(H,62,77)(H,63,78)(H,64,79)(H,65,80)/t40-,41-,44-,45-,46-,47-,50-,51-,52-,53-/m0/s1. The first-order chi connectivity index (χ1) is 39.9. The third-order valence-corrected chi connectivity index (χ3v) is 17.3. The first-order valence-electron chi connectivity index (χ1n) is 30.2. The van der Waals surface area contributed by atoms with Crippen molar-refractivity contribution >= 4 is 35.4 Å². The second-order valence-corrected chi connectivity index (χ2v) is 23.0. The van der Waals surface area contributed by atoms with Crippen LogP contribution in [0.3, 0.4) is 0 Å². The minimum Gasteiger partial charge on any atom is -0.395 e. The van der Waals surface area contributed by atoms with Crippen LogP contribution in [0.1, 0.15) is 139 Å². The lowest BCUT2D eigenvalue weighted by molar-refractivity contribution is -0.144. The molecular formula is C59H86N16O7. The van der Waals surface area contributed by atoms with Gasteiger partial charge in [0.1, 0.15) is 35.6 Å². The van der Waals surface area contributed by atoms with Gasteiger partial charge in [0.25, 0.3) is 0 Å². The van der Waals surface area contributed by atoms with Crippen LogP contribution in [0.5, 0.6) is 0 Å². The van der Waals surface area contributed by atoms with Crippen molar-refractivity contribution in [2.24, 2.45) is 0 Å². The molecule has 23 heteroatoms. The number of fused-ring (bicyclic) bond motifs is 2. The van der Waals surface area contributed by atoms with E-state index in [1.54, 1.807) is 16.7 Å². The van der Waals surface area contributed by atoms with Gasteiger partial charge in [0.15, 0.2) is 0 Å². The fraction of sp³-hybridized carbons (Fsp3) is 0.627. The van der Waals surface area contributed by atoms with Crippen LogP contribution in [0.25, 0.3) is 0 Å². The van der Waals surface area contributed by atoms with Crippen molar-refractivity contribution in [2.75, 3.05) is 59.0 Å². The molecule has 7 heterocycles. The number of carbonyl (C=O) groups is 6. The minimum atomic E-state index is -0.746. The monoisotopic (exact) mass is 1130 g/mol. The fourth-order valence-electron chi connectivity index (χ4n) is 12.5. The first-order valence-corrected chi connectivity index (χ1v) is 30.2. The second-order valence-electron chi connectivity index (χ2n) is 23.0. The molecule has 5 saturated heterocycles. The van der Waals surface area contributed by atoms with Gasteiger partial charge >= 0.3 is 0 Å². The molecule has 4 aromatic rings. The molecule has 2 aromatic heterocycles. The predicted molar refractivity (Wildman–Crippen MR) is 306 cm³/mol. The largest absolute Gasteiger partial charge is 0.395 e. The van der Waals surface area contributed by atoms with Crippen molar-refractivity contribution in [3.63, 3.8) is 0 Å². The van der Waals surface area contributed by atoms with Gasteiger partial charge in [-0.25, -0.2) is 0 Å². The smallest absolute Gasteiger partial charge is 0.246 e. The molecule has 0 saturated carbocycles. The van der Waals surface area contributed by atoms with E-state index in [2.05, 4.69) is 62.3 Å². The summed E-state index contributed by atoms with van der Waals surface area (Å²) in [6.45, 7) is 12.6. The van der Waals surface area contributed by atoms with Crippen LogP contribution in [0, 0.1) is 0 Å². The molecule has 6 amide bonds. The summed E-state index contributed by atoms with van der Waals surface area (Å²) >= 11 is 0. The van der Waals surface area contributed by atoms with Gasteiger partial charge in [-0.1, -0.05) is 104 Å². The van der Waals surface area contributed by atoms with Gasteiger partial charge in [-0.3, -0.25) is 47.9 Å². The van der Waals surface area contributed by atoms with Crippen LogP contribution >= 0.6 is 0 Å². The number of hydrogen-bond acceptors (Lipinski definition) is 15. The lowest BCUT2D eigenvalue weighted by Gasteiger charge is -2.36. The van der Waals surface area contributed by atoms with Gasteiger partial charge in [-0.15, -0.1) is 10.2 Å². The Morgan fingerprint density at radius 2 is 0.976 bits per heavy atom. The minimum absolute atomic E-state index is 0.0621. The third-order valence-electron chi connectivity index (χ3n) is 17.3. The number of carbonyl (C=O) groups excluding carboxylic acids is 6. The van der Waals surface area contributed by atoms with Crippen molar-refractivity contribution in [1.82, 2.24) is 81.5 Å². The van der Waals surface area contributed by atoms with E-state index in [1.807, 2.05) is 96.3 Å². The topological polar surface area (TPSA) is 269 Å². The number of nitrogens with one attached hydrogen (secondary N) is 6. The zero-order valence-corrected chi connectivity index (χ0v) is 48.0. The summed E-state index contributed by atoms with van der Waals surface area (Å²) in [4.78, 5) is 91.8. The molecule has 0 spiro atoms. The lowest BCUT2D eigenvalue weighted by Crippen LogP contribution is -2.58. The van der Waals surface area contributed by atoms with Gasteiger partial charge in [-0.2, -0.15) is 0 Å². The zero-order chi connectivity index (χ0) is 57.5. The van der Waals surface area contributed by atoms with Crippen molar-refractivity contribution in [1.29, 1.82) is 0 Å². The molecule has 10 atom stereocenters. The van der Waals surface area contributed by atoms with Crippen LogP contribution in [-0.2, 0) is 41.9 Å². The highest BCUT2D eigenvalue weighted by Gasteiger charge is 2.46. The lowest BCUT2D eigenvalue weighted by atomic mass is 9.98. The Labute approximate surface area is 481 Å². The quantitative estimate of drug-likeness (QED) is 0.0528. The number of aromatic nitrogens is 6. The number of amides is 6. The van der Waals surface area contributed by atoms with Gasteiger partial charge < -0.3 is 46.8 Å². The molecule has 82 heavy (non-hydrogen) atoms. The molecule has 5 aliphatic heterocycles. The van der Waals surface area contributed by atoms with Gasteiger partial charge in [-0.05, 0) is 89.3 Å². The molecule has 0 aliphatic carbocycles. The molecule has 2 aromatic carbocycles. The van der Waals surface area contributed by atoms with Gasteiger partial charge in [0, 0.05) is 57.9 Å². The molecule has 0 unspecified atom stereocenters. The van der Waals surface area contributed by atoms with Crippen LogP contribution in [-0.4, -0.2) is 197 Å². The number of nitrogens with zero attached hydrogens (tertiary/aromatic N) is 10. The molecular weight excluding hydrogens is 1040 g/mol. The van der Waals surface area contributed by atoms with Crippen molar-refractivity contribution in [2.45, 2.75) is 178 Å². The van der Waals surface area contributed by atoms with Crippen LogP contribution in [0.2, 0.25) is 0 Å². The number of hydrogen-bond donors (Lipinski definition) is 7. The summed E-state index contributed by atoms with van der Waals surface area (Å²) in [6, 6.07) is 14.2. The molecule has 5 fully saturated rings. The van der Waals surface area contributed by atoms with E-state index < -0.39 is 48.3 Å². The second kappa shape index (κ2) is 29.0. The maximum absolute atomic E-state index is 14.4. The Hall–Kier alpha value is -6.66. The highest BCUT2D eigenvalue weighted by atomic mass is 16.3. The Kier molecular flexibility index (Phi) is 21.2. The predicted octanol–water partition coefficient (Wildman–Crippen LogP) is 1.79. The van der Waals surface area contributed by atoms with E-state index in [0.717, 1.165) is 102 Å². The van der Waals surface area contributed by atoms with Gasteiger partial charge in [0.2, 0.25) is 35.4 Å². The summed E-state index contributed by atoms with van der Waals surface area (Å²) in [5.41, 5.74) is 2.90. The summed E-state index contributed by atoms with van der Waals surface area (Å²) in [5, 5.41) is 46.0. The third kappa shape index (κ3) is 15.1. The number of benzene rings is 2. The number of aliphatic hydroxyl groups excluding tert-OH is 1. The first kappa shape index (κ1) is 59.9. The average molecular weight is 1130 g/mol. The number of piperazine rings is 1. The SMILES string of the molecule is CCCN[C@@H](C)C(=O)N[C@H]1CCCC[C@H]2CC[C@@H](C(=O)N[C@@H](c3ccccc3)c3cn(CCN4CCN(CCn5cc([C@@H](NC(=O)[C@@H]6CC[C@@H]7CCCC[C@H](NC(=O)[C@H](C)NCCO)C(=O)N76)c6ccccc6)nn5)CC4)nn3)N2C1=O. The molecule has 9 rings (SSSR count). The molecule has 23 nitrogen and oxygen atoms in total. The van der Waals surface area contributed by atoms with Crippen molar-refractivity contribution < 1.29 is 33.9 Å². The van der Waals surface area contributed by atoms with Crippen LogP contribution in [0.4, 0.5) is 0 Å². The summed E-state index contributed by atoms with van der Waals surface area (Å²) in [7, 11) is 0. The van der Waals surface area contributed by atoms with E-state index in [9.17, 15) is 33.9 Å². The Morgan fingerprint density at radius 3 is 1.39 bits per heavy atom. The van der Waals surface area contributed by atoms with E-state index >= 15 is 0 Å². The van der Waals surface area contributed by atoms with Crippen LogP contribution < -0.4 is 31.9 Å². The molecule has 444 valence electrons. The summed E-state index contributed by atoms with van der Waals surface area (Å²) in [5.74, 6) is -1.47. The van der Waals surface area contributed by atoms with E-state index in [4.69, 9.17) is 0 Å². The van der Waals surface area contributed by atoms with Crippen molar-refractivity contribution in [3.05, 3.63) is 95.6 Å². The van der Waals surface area contributed by atoms with Crippen LogP contribution in [0.15, 0.2) is 73.1 Å². The number of aliphatic hydroxyl groups is 1. The highest BCUT2D eigenvalue weighted by Crippen LogP contribution is 2.34. The average Bonchev–Trinajstić information content (AvgIpc) is 4.40. The highest BCUT2D eigenvalue weighted by molar-refractivity contribution is 5.95. The van der Waals surface area contributed by atoms with E-state index in [1.165, 1.54) is 0 Å². The van der Waals surface area contributed by atoms with Crippen molar-refractivity contribution in [3.8, 4) is 0 Å². The van der Waals surface area contributed by atoms with Gasteiger partial charge in [0.05, 0.1) is 56.3 Å². The summed E-state index contributed by atoms with van der Waals surface area (Å²) < 4.78 is 3.65. The van der Waals surface area contributed by atoms with E-state index in [-0.39, 0.29) is 60.7 Å². The Bertz CT molecular complexity index is 2550. The number of rotatable bonds is 24. The molecule has 0 radical (unpaired) electrons. The summed E-state index contributed by atoms with van der Waals surface area (Å²) in [6.07, 6.45) is 13.3. The zero-order valence-electron chi connectivity index (χ0n) is 48.0. The maximum Gasteiger partial charge on any atom is 0.246 e. The maximum atomic E-state index is 14.4.